The number of nitrogens with two attached hydrogens (primary N) is 1. The fourth-order valence-electron chi connectivity index (χ4n) is 2.94. The summed E-state index contributed by atoms with van der Waals surface area (Å²) in [6.45, 7) is 4.12. The van der Waals surface area contributed by atoms with Crippen molar-refractivity contribution in [2.75, 3.05) is 0 Å². The molecule has 0 amide bonds. The van der Waals surface area contributed by atoms with Crippen LogP contribution in [0, 0.1) is 6.92 Å². The number of aryl methyl sites for hydroxylation is 1. The summed E-state index contributed by atoms with van der Waals surface area (Å²) >= 11 is 0. The smallest absolute Gasteiger partial charge is 0.0787 e. The number of ether oxygens (including phenoxy) is 1. The van der Waals surface area contributed by atoms with Gasteiger partial charge >= 0.3 is 0 Å². The van der Waals surface area contributed by atoms with Crippen LogP contribution in [-0.4, -0.2) is 17.2 Å². The van der Waals surface area contributed by atoms with Crippen LogP contribution in [0.4, 0.5) is 0 Å². The highest BCUT2D eigenvalue weighted by molar-refractivity contribution is 5.79. The van der Waals surface area contributed by atoms with Crippen LogP contribution in [-0.2, 0) is 4.74 Å². The summed E-state index contributed by atoms with van der Waals surface area (Å²) < 4.78 is 5.94. The number of benzene rings is 1. The van der Waals surface area contributed by atoms with Crippen LogP contribution in [0.3, 0.4) is 0 Å². The lowest BCUT2D eigenvalue weighted by atomic mass is 9.98. The van der Waals surface area contributed by atoms with Crippen molar-refractivity contribution in [3.05, 3.63) is 41.6 Å². The Labute approximate surface area is 119 Å². The van der Waals surface area contributed by atoms with E-state index in [4.69, 9.17) is 10.6 Å². The largest absolute Gasteiger partial charge is 0.373 e. The van der Waals surface area contributed by atoms with Gasteiger partial charge in [-0.2, -0.15) is 0 Å². The lowest BCUT2D eigenvalue weighted by Gasteiger charge is -2.23. The monoisotopic (exact) mass is 271 g/mol. The van der Waals surface area contributed by atoms with Crippen LogP contribution in [0.15, 0.2) is 30.3 Å². The minimum absolute atomic E-state index is 0.0330. The molecule has 0 bridgehead atoms. The first kappa shape index (κ1) is 13.5. The van der Waals surface area contributed by atoms with Crippen LogP contribution >= 0.6 is 0 Å². The Morgan fingerprint density at radius 2 is 2.15 bits per heavy atom. The van der Waals surface area contributed by atoms with Gasteiger partial charge in [0.15, 0.2) is 0 Å². The van der Waals surface area contributed by atoms with E-state index >= 15 is 0 Å². The first-order chi connectivity index (χ1) is 9.67. The zero-order valence-electron chi connectivity index (χ0n) is 12.0. The van der Waals surface area contributed by atoms with Crippen molar-refractivity contribution in [1.82, 2.24) is 10.4 Å². The van der Waals surface area contributed by atoms with Crippen LogP contribution in [0.5, 0.6) is 0 Å². The third-order valence-corrected chi connectivity index (χ3v) is 4.03. The number of nitrogens with one attached hydrogen (secondary N) is 1. The maximum atomic E-state index is 5.94. The SMILES string of the molecule is Cc1ccc2cc(C(NN)C3CCC(C)O3)ccc2n1. The number of hydrogen-bond donors (Lipinski definition) is 2. The summed E-state index contributed by atoms with van der Waals surface area (Å²) in [6.07, 6.45) is 2.60. The molecule has 2 heterocycles. The van der Waals surface area contributed by atoms with Crippen molar-refractivity contribution < 1.29 is 4.74 Å². The van der Waals surface area contributed by atoms with Crippen LogP contribution in [0.2, 0.25) is 0 Å². The molecule has 0 radical (unpaired) electrons. The summed E-state index contributed by atoms with van der Waals surface area (Å²) in [7, 11) is 0. The number of hydrogen-bond acceptors (Lipinski definition) is 4. The minimum Gasteiger partial charge on any atom is -0.373 e. The Kier molecular flexibility index (Phi) is 3.70. The van der Waals surface area contributed by atoms with E-state index in [-0.39, 0.29) is 12.1 Å². The number of rotatable bonds is 3. The maximum Gasteiger partial charge on any atom is 0.0787 e. The normalized spacial score (nSPS) is 24.1. The number of aromatic nitrogens is 1. The van der Waals surface area contributed by atoms with E-state index in [0.29, 0.717) is 6.10 Å². The van der Waals surface area contributed by atoms with Gasteiger partial charge in [-0.25, -0.2) is 0 Å². The van der Waals surface area contributed by atoms with Gasteiger partial charge in [-0.05, 0) is 50.5 Å². The first-order valence-corrected chi connectivity index (χ1v) is 7.16. The van der Waals surface area contributed by atoms with E-state index in [2.05, 4.69) is 41.6 Å². The van der Waals surface area contributed by atoms with Crippen LogP contribution in [0.25, 0.3) is 10.9 Å². The quantitative estimate of drug-likeness (QED) is 0.665. The van der Waals surface area contributed by atoms with E-state index in [1.807, 2.05) is 13.0 Å². The molecule has 3 unspecified atom stereocenters. The van der Waals surface area contributed by atoms with Gasteiger partial charge in [0.25, 0.3) is 0 Å². The van der Waals surface area contributed by atoms with Gasteiger partial charge in [0.1, 0.15) is 0 Å². The molecule has 2 aromatic rings. The molecule has 0 spiro atoms. The Morgan fingerprint density at radius 1 is 1.30 bits per heavy atom. The Balaban J connectivity index is 1.93. The standard InChI is InChI=1S/C16H21N3O/c1-10-3-5-12-9-13(6-7-14(12)18-10)16(19-17)15-8-4-11(2)20-15/h3,5-7,9,11,15-16,19H,4,8,17H2,1-2H3. The van der Waals surface area contributed by atoms with Gasteiger partial charge in [0, 0.05) is 11.1 Å². The molecule has 20 heavy (non-hydrogen) atoms. The molecule has 3 atom stereocenters. The van der Waals surface area contributed by atoms with Gasteiger partial charge in [0.05, 0.1) is 23.8 Å². The van der Waals surface area contributed by atoms with E-state index in [9.17, 15) is 0 Å². The molecule has 1 fully saturated rings. The van der Waals surface area contributed by atoms with Gasteiger partial charge in [-0.15, -0.1) is 0 Å². The third kappa shape index (κ3) is 2.54. The third-order valence-electron chi connectivity index (χ3n) is 4.03. The van der Waals surface area contributed by atoms with Crippen LogP contribution < -0.4 is 11.3 Å². The number of pyridine rings is 1. The lowest BCUT2D eigenvalue weighted by Crippen LogP contribution is -2.36. The average Bonchev–Trinajstić information content (AvgIpc) is 2.86. The van der Waals surface area contributed by atoms with Gasteiger partial charge in [-0.3, -0.25) is 16.3 Å². The number of nitrogens with zero attached hydrogens (tertiary/aromatic N) is 1. The van der Waals surface area contributed by atoms with Crippen molar-refractivity contribution in [1.29, 1.82) is 0 Å². The molecule has 1 aliphatic heterocycles. The molecule has 0 saturated carbocycles. The summed E-state index contributed by atoms with van der Waals surface area (Å²) in [5, 5.41) is 1.14. The van der Waals surface area contributed by atoms with Crippen molar-refractivity contribution in [2.45, 2.75) is 44.9 Å². The molecule has 0 aliphatic carbocycles. The molecule has 1 aromatic heterocycles. The highest BCUT2D eigenvalue weighted by Crippen LogP contribution is 2.30. The topological polar surface area (TPSA) is 60.2 Å². The second kappa shape index (κ2) is 5.48. The molecular formula is C16H21N3O. The molecule has 4 heteroatoms. The highest BCUT2D eigenvalue weighted by Gasteiger charge is 2.30. The molecule has 1 saturated heterocycles. The molecule has 1 aromatic carbocycles. The summed E-state index contributed by atoms with van der Waals surface area (Å²) in [4.78, 5) is 4.53. The van der Waals surface area contributed by atoms with Crippen molar-refractivity contribution in [3.63, 3.8) is 0 Å². The number of hydrazine groups is 1. The molecule has 1 aliphatic rings. The molecule has 4 nitrogen and oxygen atoms in total. The lowest BCUT2D eigenvalue weighted by molar-refractivity contribution is 0.0316. The zero-order valence-corrected chi connectivity index (χ0v) is 12.0. The zero-order chi connectivity index (χ0) is 14.1. The highest BCUT2D eigenvalue weighted by atomic mass is 16.5. The Hall–Kier alpha value is -1.49. The Morgan fingerprint density at radius 3 is 2.85 bits per heavy atom. The van der Waals surface area contributed by atoms with Crippen molar-refractivity contribution >= 4 is 10.9 Å². The van der Waals surface area contributed by atoms with Gasteiger partial charge in [-0.1, -0.05) is 12.1 Å². The predicted octanol–water partition coefficient (Wildman–Crippen LogP) is 2.62. The Bertz CT molecular complexity index is 614. The van der Waals surface area contributed by atoms with E-state index in [1.54, 1.807) is 0 Å². The average molecular weight is 271 g/mol. The van der Waals surface area contributed by atoms with E-state index in [0.717, 1.165) is 35.0 Å². The second-order valence-corrected chi connectivity index (χ2v) is 5.61. The maximum absolute atomic E-state index is 5.94. The fraction of sp³-hybridized carbons (Fsp3) is 0.438. The van der Waals surface area contributed by atoms with E-state index < -0.39 is 0 Å². The van der Waals surface area contributed by atoms with Crippen molar-refractivity contribution in [2.24, 2.45) is 5.84 Å². The first-order valence-electron chi connectivity index (χ1n) is 7.16. The summed E-state index contributed by atoms with van der Waals surface area (Å²) in [5.41, 5.74) is 6.12. The minimum atomic E-state index is 0.0330. The summed E-state index contributed by atoms with van der Waals surface area (Å²) in [5.74, 6) is 5.75. The summed E-state index contributed by atoms with van der Waals surface area (Å²) in [6, 6.07) is 10.5. The molecule has 3 N–H and O–H groups in total. The fourth-order valence-corrected chi connectivity index (χ4v) is 2.94. The molecule has 3 rings (SSSR count). The molecule has 106 valence electrons. The van der Waals surface area contributed by atoms with Crippen LogP contribution in [0.1, 0.15) is 37.1 Å². The predicted molar refractivity (Wildman–Crippen MR) is 80.1 cm³/mol. The molecular weight excluding hydrogens is 250 g/mol. The van der Waals surface area contributed by atoms with Crippen molar-refractivity contribution in [3.8, 4) is 0 Å². The van der Waals surface area contributed by atoms with E-state index in [1.165, 1.54) is 0 Å². The second-order valence-electron chi connectivity index (χ2n) is 5.61. The van der Waals surface area contributed by atoms with Gasteiger partial charge in [0.2, 0.25) is 0 Å². The van der Waals surface area contributed by atoms with Gasteiger partial charge < -0.3 is 4.74 Å². The number of fused-ring (bicyclic) bond motifs is 1.